The molecular formula is C23H25N3O2S. The topological polar surface area (TPSA) is 55.3 Å². The maximum absolute atomic E-state index is 12.7. The molecule has 0 aliphatic carbocycles. The van der Waals surface area contributed by atoms with Gasteiger partial charge in [-0.15, -0.1) is 21.5 Å². The van der Waals surface area contributed by atoms with Gasteiger partial charge in [-0.25, -0.2) is 0 Å². The third-order valence-corrected chi connectivity index (χ3v) is 6.48. The first-order valence-corrected chi connectivity index (χ1v) is 10.7. The predicted molar refractivity (Wildman–Crippen MR) is 115 cm³/mol. The van der Waals surface area contributed by atoms with Crippen LogP contribution < -0.4 is 4.74 Å². The minimum atomic E-state index is 0.129. The zero-order valence-electron chi connectivity index (χ0n) is 16.8. The molecule has 1 aromatic heterocycles. The number of piperidine rings is 1. The molecule has 29 heavy (non-hydrogen) atoms. The fourth-order valence-corrected chi connectivity index (χ4v) is 4.76. The van der Waals surface area contributed by atoms with E-state index in [1.54, 1.807) is 18.4 Å². The average Bonchev–Trinajstić information content (AvgIpc) is 3.22. The number of hydrogen-bond donors (Lipinski definition) is 0. The summed E-state index contributed by atoms with van der Waals surface area (Å²) in [5, 5.41) is 11.0. The highest BCUT2D eigenvalue weighted by Gasteiger charge is 2.26. The van der Waals surface area contributed by atoms with Crippen LogP contribution in [-0.2, 0) is 6.42 Å². The predicted octanol–water partition coefficient (Wildman–Crippen LogP) is 4.47. The molecule has 1 aliphatic heterocycles. The highest BCUT2D eigenvalue weighted by molar-refractivity contribution is 7.11. The van der Waals surface area contributed by atoms with Gasteiger partial charge in [0.2, 0.25) is 0 Å². The van der Waals surface area contributed by atoms with E-state index in [-0.39, 0.29) is 5.91 Å². The summed E-state index contributed by atoms with van der Waals surface area (Å²) in [5.41, 5.74) is 3.09. The van der Waals surface area contributed by atoms with E-state index in [0.717, 1.165) is 59.2 Å². The Hall–Kier alpha value is -2.73. The van der Waals surface area contributed by atoms with E-state index in [0.29, 0.717) is 5.92 Å². The van der Waals surface area contributed by atoms with Crippen LogP contribution in [0.15, 0.2) is 48.5 Å². The minimum absolute atomic E-state index is 0.129. The molecule has 0 radical (unpaired) electrons. The highest BCUT2D eigenvalue weighted by Crippen LogP contribution is 2.31. The van der Waals surface area contributed by atoms with Crippen molar-refractivity contribution in [1.82, 2.24) is 15.1 Å². The van der Waals surface area contributed by atoms with E-state index >= 15 is 0 Å². The van der Waals surface area contributed by atoms with Gasteiger partial charge in [0.05, 0.1) is 7.11 Å². The Morgan fingerprint density at radius 3 is 2.59 bits per heavy atom. The number of nitrogens with zero attached hydrogens (tertiary/aromatic N) is 3. The van der Waals surface area contributed by atoms with Crippen LogP contribution in [0, 0.1) is 6.92 Å². The second-order valence-corrected chi connectivity index (χ2v) is 8.59. The number of aryl methyl sites for hydroxylation is 1. The molecule has 0 atom stereocenters. The quantitative estimate of drug-likeness (QED) is 0.626. The number of ether oxygens (including phenoxy) is 1. The summed E-state index contributed by atoms with van der Waals surface area (Å²) in [6.07, 6.45) is 2.66. The second kappa shape index (κ2) is 8.74. The lowest BCUT2D eigenvalue weighted by Crippen LogP contribution is -2.37. The molecule has 3 aromatic rings. The Kier molecular flexibility index (Phi) is 5.90. The summed E-state index contributed by atoms with van der Waals surface area (Å²) in [7, 11) is 1.67. The van der Waals surface area contributed by atoms with Crippen LogP contribution in [0.4, 0.5) is 0 Å². The van der Waals surface area contributed by atoms with Gasteiger partial charge in [0.1, 0.15) is 15.8 Å². The van der Waals surface area contributed by atoms with Crippen molar-refractivity contribution in [3.05, 3.63) is 75.2 Å². The molecule has 1 saturated heterocycles. The Balaban J connectivity index is 1.34. The van der Waals surface area contributed by atoms with Crippen molar-refractivity contribution in [2.45, 2.75) is 32.1 Å². The van der Waals surface area contributed by atoms with Crippen molar-refractivity contribution in [1.29, 1.82) is 0 Å². The van der Waals surface area contributed by atoms with Crippen molar-refractivity contribution in [2.24, 2.45) is 0 Å². The lowest BCUT2D eigenvalue weighted by atomic mass is 9.97. The summed E-state index contributed by atoms with van der Waals surface area (Å²) in [4.78, 5) is 14.7. The molecule has 2 heterocycles. The molecule has 1 amide bonds. The number of benzene rings is 2. The molecule has 1 fully saturated rings. The van der Waals surface area contributed by atoms with Gasteiger partial charge >= 0.3 is 0 Å². The molecule has 1 aliphatic rings. The standard InChI is InChI=1S/C23H25N3O2S/c1-16-4-3-5-19(14-16)23(27)26-12-10-18(11-13-26)22-25-24-21(29-22)15-17-6-8-20(28-2)9-7-17/h3-9,14,18H,10-13,15H2,1-2H3. The molecule has 0 unspecified atom stereocenters. The maximum atomic E-state index is 12.7. The Bertz CT molecular complexity index is 976. The van der Waals surface area contributed by atoms with Crippen LogP contribution in [0.2, 0.25) is 0 Å². The third-order valence-electron chi connectivity index (χ3n) is 5.39. The number of amides is 1. The molecule has 6 heteroatoms. The number of carbonyl (C=O) groups excluding carboxylic acids is 1. The number of hydrogen-bond acceptors (Lipinski definition) is 5. The fraction of sp³-hybridized carbons (Fsp3) is 0.348. The zero-order chi connectivity index (χ0) is 20.2. The van der Waals surface area contributed by atoms with Crippen molar-refractivity contribution in [3.63, 3.8) is 0 Å². The molecule has 4 rings (SSSR count). The number of likely N-dealkylation sites (tertiary alicyclic amines) is 1. The minimum Gasteiger partial charge on any atom is -0.497 e. The molecule has 150 valence electrons. The first kappa shape index (κ1) is 19.6. The Morgan fingerprint density at radius 1 is 1.14 bits per heavy atom. The van der Waals surface area contributed by atoms with E-state index in [2.05, 4.69) is 22.3 Å². The van der Waals surface area contributed by atoms with Crippen LogP contribution >= 0.6 is 11.3 Å². The van der Waals surface area contributed by atoms with Crippen LogP contribution in [0.3, 0.4) is 0 Å². The van der Waals surface area contributed by atoms with Crippen LogP contribution in [0.25, 0.3) is 0 Å². The van der Waals surface area contributed by atoms with Crippen LogP contribution in [0.5, 0.6) is 5.75 Å². The summed E-state index contributed by atoms with van der Waals surface area (Å²) in [6, 6.07) is 15.9. The largest absolute Gasteiger partial charge is 0.497 e. The Labute approximate surface area is 175 Å². The average molecular weight is 408 g/mol. The van der Waals surface area contributed by atoms with Gasteiger partial charge in [0, 0.05) is 31.0 Å². The number of aromatic nitrogens is 2. The third kappa shape index (κ3) is 4.65. The van der Waals surface area contributed by atoms with Gasteiger partial charge in [-0.05, 0) is 49.6 Å². The molecule has 0 N–H and O–H groups in total. The molecule has 0 spiro atoms. The summed E-state index contributed by atoms with van der Waals surface area (Å²) in [6.45, 7) is 3.55. The monoisotopic (exact) mass is 407 g/mol. The zero-order valence-corrected chi connectivity index (χ0v) is 17.6. The SMILES string of the molecule is COc1ccc(Cc2nnc(C3CCN(C(=O)c4cccc(C)c4)CC3)s2)cc1. The molecule has 0 bridgehead atoms. The number of carbonyl (C=O) groups is 1. The van der Waals surface area contributed by atoms with Crippen LogP contribution in [0.1, 0.15) is 50.3 Å². The molecule has 5 nitrogen and oxygen atoms in total. The van der Waals surface area contributed by atoms with Gasteiger partial charge in [-0.2, -0.15) is 0 Å². The van der Waals surface area contributed by atoms with E-state index in [1.807, 2.05) is 48.2 Å². The van der Waals surface area contributed by atoms with Crippen molar-refractivity contribution < 1.29 is 9.53 Å². The second-order valence-electron chi connectivity index (χ2n) is 7.49. The van der Waals surface area contributed by atoms with Crippen LogP contribution in [-0.4, -0.2) is 41.2 Å². The first-order chi connectivity index (χ1) is 14.1. The fourth-order valence-electron chi connectivity index (χ4n) is 3.71. The molecular weight excluding hydrogens is 382 g/mol. The number of rotatable bonds is 5. The van der Waals surface area contributed by atoms with Gasteiger partial charge in [0.25, 0.3) is 5.91 Å². The normalized spacial score (nSPS) is 14.8. The highest BCUT2D eigenvalue weighted by atomic mass is 32.1. The molecule has 2 aromatic carbocycles. The lowest BCUT2D eigenvalue weighted by Gasteiger charge is -2.31. The first-order valence-electron chi connectivity index (χ1n) is 9.93. The van der Waals surface area contributed by atoms with Gasteiger partial charge in [-0.1, -0.05) is 29.8 Å². The summed E-state index contributed by atoms with van der Waals surface area (Å²) >= 11 is 1.70. The maximum Gasteiger partial charge on any atom is 0.253 e. The van der Waals surface area contributed by atoms with Crippen molar-refractivity contribution >= 4 is 17.2 Å². The Morgan fingerprint density at radius 2 is 1.90 bits per heavy atom. The number of methoxy groups -OCH3 is 1. The van der Waals surface area contributed by atoms with Gasteiger partial charge < -0.3 is 9.64 Å². The smallest absolute Gasteiger partial charge is 0.253 e. The van der Waals surface area contributed by atoms with E-state index in [9.17, 15) is 4.79 Å². The summed E-state index contributed by atoms with van der Waals surface area (Å²) < 4.78 is 5.21. The van der Waals surface area contributed by atoms with E-state index in [4.69, 9.17) is 4.74 Å². The van der Waals surface area contributed by atoms with Gasteiger partial charge in [-0.3, -0.25) is 4.79 Å². The lowest BCUT2D eigenvalue weighted by molar-refractivity contribution is 0.0712. The molecule has 0 saturated carbocycles. The van der Waals surface area contributed by atoms with Crippen molar-refractivity contribution in [3.8, 4) is 5.75 Å². The van der Waals surface area contributed by atoms with Crippen molar-refractivity contribution in [2.75, 3.05) is 20.2 Å². The van der Waals surface area contributed by atoms with E-state index in [1.165, 1.54) is 5.56 Å². The van der Waals surface area contributed by atoms with E-state index < -0.39 is 0 Å². The van der Waals surface area contributed by atoms with Gasteiger partial charge in [0.15, 0.2) is 0 Å². The summed E-state index contributed by atoms with van der Waals surface area (Å²) in [5.74, 6) is 1.38.